The van der Waals surface area contributed by atoms with Crippen molar-refractivity contribution in [3.8, 4) is 0 Å². The van der Waals surface area contributed by atoms with E-state index in [0.717, 1.165) is 31.6 Å². The van der Waals surface area contributed by atoms with Crippen LogP contribution in [0.15, 0.2) is 18.3 Å². The summed E-state index contributed by atoms with van der Waals surface area (Å²) in [7, 11) is 1.38. The molecule has 1 aliphatic rings. The van der Waals surface area contributed by atoms with Crippen LogP contribution in [-0.2, 0) is 11.3 Å². The number of carbonyl (C=O) groups is 1. The molecular weight excluding hydrogens is 232 g/mol. The number of aromatic nitrogens is 1. The summed E-state index contributed by atoms with van der Waals surface area (Å²) in [4.78, 5) is 17.4. The Bertz CT molecular complexity index is 407. The first kappa shape index (κ1) is 12.6. The topological polar surface area (TPSA) is 80.5 Å². The van der Waals surface area contributed by atoms with Crippen molar-refractivity contribution in [3.63, 3.8) is 0 Å². The predicted octanol–water partition coefficient (Wildman–Crippen LogP) is 0.594. The number of methoxy groups -OCH3 is 1. The fourth-order valence-corrected chi connectivity index (χ4v) is 2.11. The van der Waals surface area contributed by atoms with Gasteiger partial charge in [-0.05, 0) is 18.1 Å². The first-order valence-corrected chi connectivity index (χ1v) is 5.94. The predicted molar refractivity (Wildman–Crippen MR) is 67.9 cm³/mol. The Morgan fingerprint density at radius 1 is 1.67 bits per heavy atom. The van der Waals surface area contributed by atoms with Gasteiger partial charge in [0, 0.05) is 31.9 Å². The molecule has 1 atom stereocenters. The molecule has 2 heterocycles. The molecule has 1 unspecified atom stereocenters. The Hall–Kier alpha value is -1.82. The number of likely N-dealkylation sites (tertiary alicyclic amines) is 1. The van der Waals surface area contributed by atoms with Gasteiger partial charge in [-0.3, -0.25) is 4.90 Å². The SMILES string of the molecule is COC(=O)NC1CCN(Cc2ccc(N)nc2)C1. The molecule has 2 rings (SSSR count). The van der Waals surface area contributed by atoms with Crippen molar-refractivity contribution in [2.24, 2.45) is 0 Å². The normalized spacial score (nSPS) is 19.7. The van der Waals surface area contributed by atoms with Gasteiger partial charge in [0.1, 0.15) is 5.82 Å². The van der Waals surface area contributed by atoms with Crippen molar-refractivity contribution in [1.29, 1.82) is 0 Å². The van der Waals surface area contributed by atoms with Crippen LogP contribution in [0.5, 0.6) is 0 Å². The van der Waals surface area contributed by atoms with Crippen LogP contribution in [0.3, 0.4) is 0 Å². The van der Waals surface area contributed by atoms with E-state index in [1.165, 1.54) is 7.11 Å². The molecule has 98 valence electrons. The van der Waals surface area contributed by atoms with Crippen LogP contribution >= 0.6 is 0 Å². The summed E-state index contributed by atoms with van der Waals surface area (Å²) < 4.78 is 4.59. The quantitative estimate of drug-likeness (QED) is 0.821. The van der Waals surface area contributed by atoms with Gasteiger partial charge in [0.15, 0.2) is 0 Å². The number of rotatable bonds is 3. The van der Waals surface area contributed by atoms with E-state index in [1.54, 1.807) is 12.3 Å². The van der Waals surface area contributed by atoms with Gasteiger partial charge in [-0.2, -0.15) is 0 Å². The average Bonchev–Trinajstić information content (AvgIpc) is 2.79. The number of anilines is 1. The van der Waals surface area contributed by atoms with Gasteiger partial charge >= 0.3 is 6.09 Å². The van der Waals surface area contributed by atoms with E-state index < -0.39 is 0 Å². The van der Waals surface area contributed by atoms with Crippen LogP contribution in [0.2, 0.25) is 0 Å². The van der Waals surface area contributed by atoms with Gasteiger partial charge in [0.2, 0.25) is 0 Å². The van der Waals surface area contributed by atoms with Gasteiger partial charge in [-0.1, -0.05) is 6.07 Å². The fraction of sp³-hybridized carbons (Fsp3) is 0.500. The fourth-order valence-electron chi connectivity index (χ4n) is 2.11. The molecule has 1 fully saturated rings. The first-order valence-electron chi connectivity index (χ1n) is 5.94. The molecule has 18 heavy (non-hydrogen) atoms. The van der Waals surface area contributed by atoms with E-state index in [2.05, 4.69) is 19.9 Å². The molecule has 0 radical (unpaired) electrons. The maximum atomic E-state index is 11.1. The largest absolute Gasteiger partial charge is 0.453 e. The average molecular weight is 250 g/mol. The molecule has 6 heteroatoms. The molecule has 1 amide bonds. The molecule has 0 bridgehead atoms. The standard InChI is InChI=1S/C12H18N4O2/c1-18-12(17)15-10-4-5-16(8-10)7-9-2-3-11(13)14-6-9/h2-3,6,10H,4-5,7-8H2,1H3,(H2,13,14)(H,15,17). The van der Waals surface area contributed by atoms with Gasteiger partial charge < -0.3 is 15.8 Å². The lowest BCUT2D eigenvalue weighted by atomic mass is 10.2. The summed E-state index contributed by atoms with van der Waals surface area (Å²) in [6.45, 7) is 2.62. The zero-order chi connectivity index (χ0) is 13.0. The van der Waals surface area contributed by atoms with Crippen molar-refractivity contribution in [2.75, 3.05) is 25.9 Å². The summed E-state index contributed by atoms with van der Waals surface area (Å²) in [5.74, 6) is 0.533. The third-order valence-corrected chi connectivity index (χ3v) is 3.03. The summed E-state index contributed by atoms with van der Waals surface area (Å²) >= 11 is 0. The zero-order valence-electron chi connectivity index (χ0n) is 10.4. The van der Waals surface area contributed by atoms with Crippen molar-refractivity contribution < 1.29 is 9.53 Å². The molecular formula is C12H18N4O2. The lowest BCUT2D eigenvalue weighted by Gasteiger charge is -2.16. The van der Waals surface area contributed by atoms with Gasteiger partial charge in [0.05, 0.1) is 7.11 Å². The van der Waals surface area contributed by atoms with Crippen LogP contribution in [0.1, 0.15) is 12.0 Å². The summed E-state index contributed by atoms with van der Waals surface area (Å²) in [6.07, 6.45) is 2.37. The smallest absolute Gasteiger partial charge is 0.407 e. The third kappa shape index (κ3) is 3.33. The van der Waals surface area contributed by atoms with Crippen LogP contribution in [-0.4, -0.2) is 42.2 Å². The molecule has 1 aromatic rings. The number of nitrogen functional groups attached to an aromatic ring is 1. The Morgan fingerprint density at radius 2 is 2.50 bits per heavy atom. The number of ether oxygens (including phenoxy) is 1. The number of amides is 1. The van der Waals surface area contributed by atoms with Crippen molar-refractivity contribution >= 4 is 11.9 Å². The Labute approximate surface area is 106 Å². The van der Waals surface area contributed by atoms with Crippen molar-refractivity contribution in [1.82, 2.24) is 15.2 Å². The van der Waals surface area contributed by atoms with Crippen molar-refractivity contribution in [3.05, 3.63) is 23.9 Å². The maximum absolute atomic E-state index is 11.1. The molecule has 6 nitrogen and oxygen atoms in total. The number of hydrogen-bond acceptors (Lipinski definition) is 5. The number of nitrogens with two attached hydrogens (primary N) is 1. The Morgan fingerprint density at radius 3 is 3.17 bits per heavy atom. The van der Waals surface area contributed by atoms with E-state index in [1.807, 2.05) is 6.07 Å². The highest BCUT2D eigenvalue weighted by molar-refractivity contribution is 5.67. The van der Waals surface area contributed by atoms with E-state index >= 15 is 0 Å². The van der Waals surface area contributed by atoms with Crippen LogP contribution < -0.4 is 11.1 Å². The van der Waals surface area contributed by atoms with E-state index in [0.29, 0.717) is 5.82 Å². The minimum Gasteiger partial charge on any atom is -0.453 e. The number of alkyl carbamates (subject to hydrolysis) is 1. The second-order valence-electron chi connectivity index (χ2n) is 4.45. The number of pyridine rings is 1. The maximum Gasteiger partial charge on any atom is 0.407 e. The van der Waals surface area contributed by atoms with Gasteiger partial charge in [-0.25, -0.2) is 9.78 Å². The van der Waals surface area contributed by atoms with E-state index in [9.17, 15) is 4.79 Å². The Balaban J connectivity index is 1.82. The minimum atomic E-state index is -0.365. The molecule has 1 saturated heterocycles. The highest BCUT2D eigenvalue weighted by Gasteiger charge is 2.23. The van der Waals surface area contributed by atoms with Crippen LogP contribution in [0.4, 0.5) is 10.6 Å². The second kappa shape index (κ2) is 5.68. The zero-order valence-corrected chi connectivity index (χ0v) is 10.4. The molecule has 0 aromatic carbocycles. The van der Waals surface area contributed by atoms with E-state index in [4.69, 9.17) is 5.73 Å². The monoisotopic (exact) mass is 250 g/mol. The van der Waals surface area contributed by atoms with Gasteiger partial charge in [-0.15, -0.1) is 0 Å². The molecule has 1 aliphatic heterocycles. The molecule has 1 aromatic heterocycles. The molecule has 3 N–H and O–H groups in total. The lowest BCUT2D eigenvalue weighted by molar-refractivity contribution is 0.166. The minimum absolute atomic E-state index is 0.166. The molecule has 0 saturated carbocycles. The second-order valence-corrected chi connectivity index (χ2v) is 4.45. The molecule has 0 aliphatic carbocycles. The first-order chi connectivity index (χ1) is 8.67. The number of nitrogens with zero attached hydrogens (tertiary/aromatic N) is 2. The highest BCUT2D eigenvalue weighted by atomic mass is 16.5. The Kier molecular flexibility index (Phi) is 3.99. The third-order valence-electron chi connectivity index (χ3n) is 3.03. The lowest BCUT2D eigenvalue weighted by Crippen LogP contribution is -2.36. The summed E-state index contributed by atoms with van der Waals surface area (Å²) in [5, 5.41) is 2.81. The van der Waals surface area contributed by atoms with Crippen LogP contribution in [0, 0.1) is 0 Å². The summed E-state index contributed by atoms with van der Waals surface area (Å²) in [6, 6.07) is 3.94. The van der Waals surface area contributed by atoms with E-state index in [-0.39, 0.29) is 12.1 Å². The number of nitrogens with one attached hydrogen (secondary N) is 1. The summed E-state index contributed by atoms with van der Waals surface area (Å²) in [5.41, 5.74) is 6.67. The van der Waals surface area contributed by atoms with Crippen molar-refractivity contribution in [2.45, 2.75) is 19.0 Å². The highest BCUT2D eigenvalue weighted by Crippen LogP contribution is 2.13. The number of hydrogen-bond donors (Lipinski definition) is 2. The molecule has 0 spiro atoms. The number of carbonyl (C=O) groups excluding carboxylic acids is 1. The van der Waals surface area contributed by atoms with Crippen LogP contribution in [0.25, 0.3) is 0 Å². The van der Waals surface area contributed by atoms with Gasteiger partial charge in [0.25, 0.3) is 0 Å².